The van der Waals surface area contributed by atoms with Gasteiger partial charge in [0.1, 0.15) is 11.6 Å². The lowest BCUT2D eigenvalue weighted by Gasteiger charge is -2.20. The van der Waals surface area contributed by atoms with Crippen molar-refractivity contribution in [2.75, 3.05) is 0 Å². The van der Waals surface area contributed by atoms with Gasteiger partial charge in [-0.3, -0.25) is 4.79 Å². The molecule has 1 aromatic carbocycles. The van der Waals surface area contributed by atoms with Crippen LogP contribution in [0, 0.1) is 5.82 Å². The standard InChI is InChI=1S/C15H20FNO2/c1-2-14(15(18)17-12-5-3-4-6-12)19-13-9-7-11(16)8-10-13/h7-10,12,14H,2-6H2,1H3,(H,17,18). The summed E-state index contributed by atoms with van der Waals surface area (Å²) in [6, 6.07) is 6.04. The van der Waals surface area contributed by atoms with E-state index in [1.54, 1.807) is 12.1 Å². The summed E-state index contributed by atoms with van der Waals surface area (Å²) in [5.74, 6) is 0.143. The lowest BCUT2D eigenvalue weighted by atomic mass is 10.2. The first kappa shape index (κ1) is 13.8. The van der Waals surface area contributed by atoms with Crippen molar-refractivity contribution in [3.05, 3.63) is 30.1 Å². The average molecular weight is 265 g/mol. The Morgan fingerprint density at radius 2 is 2.00 bits per heavy atom. The Balaban J connectivity index is 1.91. The average Bonchev–Trinajstić information content (AvgIpc) is 2.90. The van der Waals surface area contributed by atoms with Gasteiger partial charge in [0.25, 0.3) is 5.91 Å². The van der Waals surface area contributed by atoms with Gasteiger partial charge < -0.3 is 10.1 Å². The van der Waals surface area contributed by atoms with Gasteiger partial charge in [-0.25, -0.2) is 4.39 Å². The maximum Gasteiger partial charge on any atom is 0.261 e. The first-order chi connectivity index (χ1) is 9.19. The second kappa shape index (κ2) is 6.55. The molecule has 1 aliphatic carbocycles. The number of hydrogen-bond donors (Lipinski definition) is 1. The molecule has 4 heteroatoms. The second-order valence-corrected chi connectivity index (χ2v) is 4.96. The number of nitrogens with one attached hydrogen (secondary N) is 1. The van der Waals surface area contributed by atoms with Crippen molar-refractivity contribution in [3.63, 3.8) is 0 Å². The van der Waals surface area contributed by atoms with Gasteiger partial charge in [-0.15, -0.1) is 0 Å². The predicted molar refractivity (Wildman–Crippen MR) is 71.5 cm³/mol. The molecule has 0 aromatic heterocycles. The van der Waals surface area contributed by atoms with E-state index in [2.05, 4.69) is 5.32 Å². The molecule has 1 saturated carbocycles. The first-order valence-electron chi connectivity index (χ1n) is 6.91. The summed E-state index contributed by atoms with van der Waals surface area (Å²) in [5.41, 5.74) is 0. The molecular weight excluding hydrogens is 245 g/mol. The molecule has 0 saturated heterocycles. The maximum absolute atomic E-state index is 12.8. The third-order valence-corrected chi connectivity index (χ3v) is 3.46. The van der Waals surface area contributed by atoms with Gasteiger partial charge in [-0.1, -0.05) is 19.8 Å². The lowest BCUT2D eigenvalue weighted by molar-refractivity contribution is -0.128. The Morgan fingerprint density at radius 3 is 2.58 bits per heavy atom. The minimum absolute atomic E-state index is 0.0706. The van der Waals surface area contributed by atoms with Crippen molar-refractivity contribution < 1.29 is 13.9 Å². The first-order valence-corrected chi connectivity index (χ1v) is 6.91. The molecule has 1 atom stereocenters. The molecule has 3 nitrogen and oxygen atoms in total. The minimum Gasteiger partial charge on any atom is -0.481 e. The fourth-order valence-electron chi connectivity index (χ4n) is 2.36. The number of benzene rings is 1. The number of rotatable bonds is 5. The predicted octanol–water partition coefficient (Wildman–Crippen LogP) is 3.04. The Kier molecular flexibility index (Phi) is 4.77. The fraction of sp³-hybridized carbons (Fsp3) is 0.533. The third-order valence-electron chi connectivity index (χ3n) is 3.46. The number of halogens is 1. The van der Waals surface area contributed by atoms with Crippen LogP contribution < -0.4 is 10.1 Å². The highest BCUT2D eigenvalue weighted by molar-refractivity contribution is 5.81. The van der Waals surface area contributed by atoms with Crippen LogP contribution in [0.15, 0.2) is 24.3 Å². The normalized spacial score (nSPS) is 17.2. The molecule has 2 rings (SSSR count). The van der Waals surface area contributed by atoms with Crippen LogP contribution in [0.4, 0.5) is 4.39 Å². The van der Waals surface area contributed by atoms with Gasteiger partial charge in [-0.05, 0) is 43.5 Å². The molecule has 19 heavy (non-hydrogen) atoms. The van der Waals surface area contributed by atoms with Gasteiger partial charge in [0.05, 0.1) is 0 Å². The molecule has 0 radical (unpaired) electrons. The van der Waals surface area contributed by atoms with E-state index in [-0.39, 0.29) is 11.7 Å². The molecule has 104 valence electrons. The second-order valence-electron chi connectivity index (χ2n) is 4.96. The van der Waals surface area contributed by atoms with Crippen molar-refractivity contribution in [1.82, 2.24) is 5.32 Å². The third kappa shape index (κ3) is 3.94. The zero-order chi connectivity index (χ0) is 13.7. The zero-order valence-electron chi connectivity index (χ0n) is 11.2. The van der Waals surface area contributed by atoms with Crippen molar-refractivity contribution in [3.8, 4) is 5.75 Å². The van der Waals surface area contributed by atoms with Crippen LogP contribution in [0.1, 0.15) is 39.0 Å². The molecule has 0 bridgehead atoms. The summed E-state index contributed by atoms with van der Waals surface area (Å²) in [6.07, 6.45) is 4.56. The molecular formula is C15H20FNO2. The number of hydrogen-bond acceptors (Lipinski definition) is 2. The van der Waals surface area contributed by atoms with E-state index in [1.165, 1.54) is 25.0 Å². The van der Waals surface area contributed by atoms with Crippen LogP contribution in [0.5, 0.6) is 5.75 Å². The van der Waals surface area contributed by atoms with Crippen molar-refractivity contribution >= 4 is 5.91 Å². The van der Waals surface area contributed by atoms with Gasteiger partial charge in [0, 0.05) is 6.04 Å². The Hall–Kier alpha value is -1.58. The zero-order valence-corrected chi connectivity index (χ0v) is 11.2. The minimum atomic E-state index is -0.508. The number of amides is 1. The van der Waals surface area contributed by atoms with E-state index < -0.39 is 6.10 Å². The van der Waals surface area contributed by atoms with E-state index >= 15 is 0 Å². The highest BCUT2D eigenvalue weighted by Gasteiger charge is 2.23. The summed E-state index contributed by atoms with van der Waals surface area (Å²) >= 11 is 0. The van der Waals surface area contributed by atoms with Crippen LogP contribution in [0.25, 0.3) is 0 Å². The number of ether oxygens (including phenoxy) is 1. The summed E-state index contributed by atoms with van der Waals surface area (Å²) in [7, 11) is 0. The highest BCUT2D eigenvalue weighted by atomic mass is 19.1. The summed E-state index contributed by atoms with van der Waals surface area (Å²) in [4.78, 5) is 12.1. The quantitative estimate of drug-likeness (QED) is 0.888. The number of carbonyl (C=O) groups is 1. The van der Waals surface area contributed by atoms with Gasteiger partial charge in [0.2, 0.25) is 0 Å². The molecule has 0 spiro atoms. The molecule has 1 fully saturated rings. The van der Waals surface area contributed by atoms with Crippen LogP contribution in [0.3, 0.4) is 0 Å². The lowest BCUT2D eigenvalue weighted by Crippen LogP contribution is -2.42. The summed E-state index contributed by atoms with van der Waals surface area (Å²) < 4.78 is 18.4. The molecule has 1 aliphatic rings. The van der Waals surface area contributed by atoms with Crippen molar-refractivity contribution in [1.29, 1.82) is 0 Å². The molecule has 0 heterocycles. The van der Waals surface area contributed by atoms with Gasteiger partial charge in [-0.2, -0.15) is 0 Å². The van der Waals surface area contributed by atoms with E-state index in [0.29, 0.717) is 18.2 Å². The number of carbonyl (C=O) groups excluding carboxylic acids is 1. The Bertz CT molecular complexity index is 413. The van der Waals surface area contributed by atoms with Crippen molar-refractivity contribution in [2.45, 2.75) is 51.2 Å². The Morgan fingerprint density at radius 1 is 1.37 bits per heavy atom. The van der Waals surface area contributed by atoms with E-state index in [9.17, 15) is 9.18 Å². The van der Waals surface area contributed by atoms with E-state index in [0.717, 1.165) is 12.8 Å². The SMILES string of the molecule is CCC(Oc1ccc(F)cc1)C(=O)NC1CCCC1. The van der Waals surface area contributed by atoms with E-state index in [1.807, 2.05) is 6.92 Å². The van der Waals surface area contributed by atoms with E-state index in [4.69, 9.17) is 4.74 Å². The summed E-state index contributed by atoms with van der Waals surface area (Å²) in [6.45, 7) is 1.91. The molecule has 1 N–H and O–H groups in total. The van der Waals surface area contributed by atoms with Crippen LogP contribution in [-0.2, 0) is 4.79 Å². The van der Waals surface area contributed by atoms with Crippen LogP contribution >= 0.6 is 0 Å². The fourth-order valence-corrected chi connectivity index (χ4v) is 2.36. The molecule has 0 aliphatic heterocycles. The monoisotopic (exact) mass is 265 g/mol. The van der Waals surface area contributed by atoms with Gasteiger partial charge in [0.15, 0.2) is 6.10 Å². The highest BCUT2D eigenvalue weighted by Crippen LogP contribution is 2.19. The molecule has 1 aromatic rings. The Labute approximate surface area is 113 Å². The van der Waals surface area contributed by atoms with Crippen LogP contribution in [-0.4, -0.2) is 18.1 Å². The molecule has 1 unspecified atom stereocenters. The van der Waals surface area contributed by atoms with Crippen LogP contribution in [0.2, 0.25) is 0 Å². The molecule has 1 amide bonds. The maximum atomic E-state index is 12.8. The largest absolute Gasteiger partial charge is 0.481 e. The topological polar surface area (TPSA) is 38.3 Å². The smallest absolute Gasteiger partial charge is 0.261 e. The van der Waals surface area contributed by atoms with Crippen molar-refractivity contribution in [2.24, 2.45) is 0 Å². The van der Waals surface area contributed by atoms with Gasteiger partial charge >= 0.3 is 0 Å². The summed E-state index contributed by atoms with van der Waals surface area (Å²) in [5, 5.41) is 3.02.